The highest BCUT2D eigenvalue weighted by Crippen LogP contribution is 2.30. The highest BCUT2D eigenvalue weighted by atomic mass is 16.7. The molecular formula is C26H28O5. The second-order valence-electron chi connectivity index (χ2n) is 7.64. The minimum atomic E-state index is -1.05. The van der Waals surface area contributed by atoms with Crippen LogP contribution < -0.4 is 4.74 Å². The van der Waals surface area contributed by atoms with Crippen LogP contribution in [0.3, 0.4) is 0 Å². The van der Waals surface area contributed by atoms with Crippen molar-refractivity contribution in [1.82, 2.24) is 0 Å². The van der Waals surface area contributed by atoms with Gasteiger partial charge >= 0.3 is 0 Å². The molecule has 1 unspecified atom stereocenters. The first-order valence-corrected chi connectivity index (χ1v) is 10.5. The molecule has 1 aliphatic rings. The van der Waals surface area contributed by atoms with Crippen LogP contribution in [0.25, 0.3) is 0 Å². The zero-order valence-electron chi connectivity index (χ0n) is 17.6. The second kappa shape index (κ2) is 10.6. The molecule has 5 heteroatoms. The number of benzene rings is 3. The van der Waals surface area contributed by atoms with Crippen molar-refractivity contribution in [2.75, 3.05) is 7.11 Å². The van der Waals surface area contributed by atoms with E-state index in [4.69, 9.17) is 18.9 Å². The van der Waals surface area contributed by atoms with Crippen LogP contribution in [-0.4, -0.2) is 36.8 Å². The van der Waals surface area contributed by atoms with Gasteiger partial charge in [-0.25, -0.2) is 0 Å². The first kappa shape index (κ1) is 21.5. The third-order valence-corrected chi connectivity index (χ3v) is 5.45. The predicted molar refractivity (Wildman–Crippen MR) is 118 cm³/mol. The third kappa shape index (κ3) is 5.71. The smallest absolute Gasteiger partial charge is 0.184 e. The molecule has 4 rings (SSSR count). The molecule has 4 atom stereocenters. The highest BCUT2D eigenvalue weighted by Gasteiger charge is 2.45. The molecule has 5 nitrogen and oxygen atoms in total. The molecule has 1 heterocycles. The molecule has 1 N–H and O–H groups in total. The van der Waals surface area contributed by atoms with Crippen LogP contribution in [0.4, 0.5) is 0 Å². The number of aliphatic hydroxyl groups is 1. The quantitative estimate of drug-likeness (QED) is 0.564. The standard InChI is InChI=1S/C26H28O5/c1-28-22-14-12-19(13-15-22)16-23-24(29-17-20-8-4-2-5-9-20)25(26(27)31-23)30-18-21-10-6-3-7-11-21/h2-15,23-27H,16-18H2,1H3/t23-,24-,25+,26?/m0/s1. The van der Waals surface area contributed by atoms with Crippen molar-refractivity contribution in [3.8, 4) is 5.75 Å². The first-order chi connectivity index (χ1) is 15.2. The summed E-state index contributed by atoms with van der Waals surface area (Å²) in [4.78, 5) is 0. The Bertz CT molecular complexity index is 914. The van der Waals surface area contributed by atoms with Crippen molar-refractivity contribution < 1.29 is 24.1 Å². The van der Waals surface area contributed by atoms with E-state index in [0.717, 1.165) is 22.4 Å². The molecule has 0 spiro atoms. The zero-order chi connectivity index (χ0) is 21.5. The summed E-state index contributed by atoms with van der Waals surface area (Å²) in [6, 6.07) is 27.7. The van der Waals surface area contributed by atoms with Gasteiger partial charge in [-0.05, 0) is 28.8 Å². The van der Waals surface area contributed by atoms with Crippen molar-refractivity contribution in [2.24, 2.45) is 0 Å². The Morgan fingerprint density at radius 3 is 1.81 bits per heavy atom. The first-order valence-electron chi connectivity index (χ1n) is 10.5. The molecule has 0 aliphatic carbocycles. The number of hydrogen-bond acceptors (Lipinski definition) is 5. The monoisotopic (exact) mass is 420 g/mol. The fourth-order valence-corrected chi connectivity index (χ4v) is 3.78. The number of rotatable bonds is 9. The van der Waals surface area contributed by atoms with Crippen molar-refractivity contribution >= 4 is 0 Å². The van der Waals surface area contributed by atoms with Crippen LogP contribution in [0, 0.1) is 0 Å². The number of methoxy groups -OCH3 is 1. The lowest BCUT2D eigenvalue weighted by Gasteiger charge is -2.24. The van der Waals surface area contributed by atoms with E-state index in [1.54, 1.807) is 7.11 Å². The molecule has 0 saturated carbocycles. The molecule has 3 aromatic rings. The summed E-state index contributed by atoms with van der Waals surface area (Å²) in [6.07, 6.45) is -1.75. The Hall–Kier alpha value is -2.70. The Balaban J connectivity index is 1.47. The topological polar surface area (TPSA) is 57.2 Å². The van der Waals surface area contributed by atoms with E-state index in [2.05, 4.69) is 0 Å². The van der Waals surface area contributed by atoms with Gasteiger partial charge in [-0.3, -0.25) is 0 Å². The lowest BCUT2D eigenvalue weighted by molar-refractivity contribution is -0.148. The molecule has 1 aliphatic heterocycles. The van der Waals surface area contributed by atoms with E-state index < -0.39 is 18.5 Å². The Kier molecular flexibility index (Phi) is 7.33. The minimum Gasteiger partial charge on any atom is -0.497 e. The summed E-state index contributed by atoms with van der Waals surface area (Å²) in [6.45, 7) is 0.804. The van der Waals surface area contributed by atoms with Gasteiger partial charge in [-0.15, -0.1) is 0 Å². The Morgan fingerprint density at radius 1 is 0.710 bits per heavy atom. The largest absolute Gasteiger partial charge is 0.497 e. The van der Waals surface area contributed by atoms with Gasteiger partial charge < -0.3 is 24.1 Å². The van der Waals surface area contributed by atoms with Crippen LogP contribution in [0.5, 0.6) is 5.75 Å². The van der Waals surface area contributed by atoms with E-state index in [1.807, 2.05) is 84.9 Å². The maximum absolute atomic E-state index is 10.6. The predicted octanol–water partition coefficient (Wildman–Crippen LogP) is 4.13. The van der Waals surface area contributed by atoms with Crippen molar-refractivity contribution in [1.29, 1.82) is 0 Å². The maximum Gasteiger partial charge on any atom is 0.184 e. The summed E-state index contributed by atoms with van der Waals surface area (Å²) in [5, 5.41) is 10.6. The van der Waals surface area contributed by atoms with Crippen LogP contribution >= 0.6 is 0 Å². The van der Waals surface area contributed by atoms with Crippen LogP contribution in [0.15, 0.2) is 84.9 Å². The molecule has 31 heavy (non-hydrogen) atoms. The van der Waals surface area contributed by atoms with Crippen molar-refractivity contribution in [3.63, 3.8) is 0 Å². The summed E-state index contributed by atoms with van der Waals surface area (Å²) < 4.78 is 23.5. The third-order valence-electron chi connectivity index (χ3n) is 5.45. The van der Waals surface area contributed by atoms with E-state index in [1.165, 1.54) is 0 Å². The van der Waals surface area contributed by atoms with Gasteiger partial charge in [0.1, 0.15) is 18.0 Å². The summed E-state index contributed by atoms with van der Waals surface area (Å²) >= 11 is 0. The molecule has 0 bridgehead atoms. The lowest BCUT2D eigenvalue weighted by atomic mass is 10.0. The molecule has 0 radical (unpaired) electrons. The molecule has 3 aromatic carbocycles. The number of hydrogen-bond donors (Lipinski definition) is 1. The second-order valence-corrected chi connectivity index (χ2v) is 7.64. The van der Waals surface area contributed by atoms with E-state index in [9.17, 15) is 5.11 Å². The molecule has 162 valence electrons. The Labute approximate surface area is 183 Å². The van der Waals surface area contributed by atoms with Gasteiger partial charge in [0, 0.05) is 6.42 Å². The van der Waals surface area contributed by atoms with Gasteiger partial charge in [0.05, 0.1) is 26.4 Å². The maximum atomic E-state index is 10.6. The van der Waals surface area contributed by atoms with Crippen molar-refractivity contribution in [3.05, 3.63) is 102 Å². The van der Waals surface area contributed by atoms with Crippen LogP contribution in [0.1, 0.15) is 16.7 Å². The van der Waals surface area contributed by atoms with E-state index in [-0.39, 0.29) is 6.10 Å². The molecule has 0 aromatic heterocycles. The number of aliphatic hydroxyl groups excluding tert-OH is 1. The van der Waals surface area contributed by atoms with Gasteiger partial charge in [0.25, 0.3) is 0 Å². The summed E-state index contributed by atoms with van der Waals surface area (Å²) in [7, 11) is 1.65. The van der Waals surface area contributed by atoms with Gasteiger partial charge in [0.2, 0.25) is 0 Å². The molecule has 0 amide bonds. The fourth-order valence-electron chi connectivity index (χ4n) is 3.78. The highest BCUT2D eigenvalue weighted by molar-refractivity contribution is 5.28. The van der Waals surface area contributed by atoms with Gasteiger partial charge in [0.15, 0.2) is 6.29 Å². The SMILES string of the molecule is COc1ccc(C[C@@H]2OC(O)[C@H](OCc3ccccc3)[C@H]2OCc2ccccc2)cc1. The molecular weight excluding hydrogens is 392 g/mol. The normalized spacial score (nSPS) is 23.0. The van der Waals surface area contributed by atoms with Gasteiger partial charge in [-0.2, -0.15) is 0 Å². The van der Waals surface area contributed by atoms with Gasteiger partial charge in [-0.1, -0.05) is 72.8 Å². The average molecular weight is 421 g/mol. The lowest BCUT2D eigenvalue weighted by Crippen LogP contribution is -2.38. The van der Waals surface area contributed by atoms with Crippen LogP contribution in [-0.2, 0) is 33.8 Å². The van der Waals surface area contributed by atoms with Crippen LogP contribution in [0.2, 0.25) is 0 Å². The summed E-state index contributed by atoms with van der Waals surface area (Å²) in [5.74, 6) is 0.803. The molecule has 1 saturated heterocycles. The Morgan fingerprint density at radius 2 is 1.26 bits per heavy atom. The van der Waals surface area contributed by atoms with E-state index in [0.29, 0.717) is 19.6 Å². The minimum absolute atomic E-state index is 0.326. The number of ether oxygens (including phenoxy) is 4. The molecule has 1 fully saturated rings. The van der Waals surface area contributed by atoms with Crippen molar-refractivity contribution in [2.45, 2.75) is 44.2 Å². The average Bonchev–Trinajstić information content (AvgIpc) is 3.11. The van der Waals surface area contributed by atoms with E-state index >= 15 is 0 Å². The summed E-state index contributed by atoms with van der Waals surface area (Å²) in [5.41, 5.74) is 3.18. The zero-order valence-corrected chi connectivity index (χ0v) is 17.6. The fraction of sp³-hybridized carbons (Fsp3) is 0.308.